The molecule has 0 fully saturated rings. The van der Waals surface area contributed by atoms with Crippen molar-refractivity contribution in [1.82, 2.24) is 9.97 Å². The van der Waals surface area contributed by atoms with Crippen LogP contribution in [0, 0.1) is 0 Å². The second kappa shape index (κ2) is 3.81. The quantitative estimate of drug-likeness (QED) is 0.416. The molecular weight excluding hydrogens is 248 g/mol. The van der Waals surface area contributed by atoms with Gasteiger partial charge in [0.2, 0.25) is 0 Å². The number of nitrogens with zero attached hydrogens (tertiary/aromatic N) is 2. The lowest BCUT2D eigenvalue weighted by atomic mass is 10.7. The summed E-state index contributed by atoms with van der Waals surface area (Å²) in [6.45, 7) is 0. The van der Waals surface area contributed by atoms with Crippen molar-refractivity contribution < 1.29 is 25.6 Å². The molecule has 1 aromatic rings. The molecule has 10 heteroatoms. The molecule has 0 spiro atoms. The Balaban J connectivity index is 3.39. The highest BCUT2D eigenvalue weighted by atomic mass is 32.2. The highest BCUT2D eigenvalue weighted by molar-refractivity contribution is 7.87. The second-order valence-electron chi connectivity index (χ2n) is 2.29. The molecule has 0 bridgehead atoms. The third-order valence-corrected chi connectivity index (χ3v) is 3.28. The van der Waals surface area contributed by atoms with E-state index in [9.17, 15) is 16.8 Å². The number of hydrogen-bond acceptors (Lipinski definition) is 7. The van der Waals surface area contributed by atoms with Crippen LogP contribution in [0.25, 0.3) is 0 Å². The summed E-state index contributed by atoms with van der Waals surface area (Å²) in [6, 6.07) is 0.591. The van der Waals surface area contributed by atoms with Crippen molar-refractivity contribution in [2.75, 3.05) is 7.11 Å². The fraction of sp³-hybridized carbons (Fsp3) is 0.200. The molecule has 0 unspecified atom stereocenters. The fourth-order valence-corrected chi connectivity index (χ4v) is 1.80. The minimum Gasteiger partial charge on any atom is -0.281 e. The Hall–Kier alpha value is -1.10. The van der Waals surface area contributed by atoms with Gasteiger partial charge in [-0.15, -0.1) is 0 Å². The molecule has 15 heavy (non-hydrogen) atoms. The maximum Gasteiger partial charge on any atom is 0.314 e. The molecule has 1 heterocycles. The lowest BCUT2D eigenvalue weighted by Gasteiger charge is -2.00. The smallest absolute Gasteiger partial charge is 0.281 e. The second-order valence-corrected chi connectivity index (χ2v) is 5.32. The molecule has 0 aromatic carbocycles. The molecule has 0 radical (unpaired) electrons. The molecule has 0 aliphatic carbocycles. The van der Waals surface area contributed by atoms with Crippen LogP contribution in [0.5, 0.6) is 0 Å². The van der Waals surface area contributed by atoms with Crippen LogP contribution in [0.3, 0.4) is 0 Å². The number of rotatable bonds is 3. The summed E-state index contributed by atoms with van der Waals surface area (Å²) >= 11 is 0. The summed E-state index contributed by atoms with van der Waals surface area (Å²) in [5.74, 6) is 0. The summed E-state index contributed by atoms with van der Waals surface area (Å²) < 4.78 is 56.1. The van der Waals surface area contributed by atoms with Gasteiger partial charge in [0.05, 0.1) is 7.11 Å². The average Bonchev–Trinajstić information content (AvgIpc) is 2.17. The highest BCUT2D eigenvalue weighted by Crippen LogP contribution is 2.11. The van der Waals surface area contributed by atoms with Crippen LogP contribution in [-0.4, -0.2) is 38.5 Å². The van der Waals surface area contributed by atoms with E-state index in [-0.39, 0.29) is 0 Å². The van der Waals surface area contributed by atoms with Gasteiger partial charge in [-0.2, -0.15) is 16.8 Å². The van der Waals surface area contributed by atoms with Gasteiger partial charge in [0.15, 0.2) is 10.1 Å². The van der Waals surface area contributed by atoms with Crippen molar-refractivity contribution in [2.24, 2.45) is 0 Å². The van der Waals surface area contributed by atoms with Crippen molar-refractivity contribution >= 4 is 20.2 Å². The Labute approximate surface area is 85.8 Å². The average molecular weight is 254 g/mol. The first-order chi connectivity index (χ1) is 6.77. The van der Waals surface area contributed by atoms with Gasteiger partial charge < -0.3 is 0 Å². The molecule has 1 aromatic heterocycles. The molecule has 0 atom stereocenters. The van der Waals surface area contributed by atoms with Gasteiger partial charge in [0.25, 0.3) is 0 Å². The van der Waals surface area contributed by atoms with E-state index in [1.165, 1.54) is 0 Å². The van der Waals surface area contributed by atoms with Crippen LogP contribution < -0.4 is 0 Å². The van der Waals surface area contributed by atoms with Gasteiger partial charge in [0.1, 0.15) is 6.33 Å². The van der Waals surface area contributed by atoms with E-state index < -0.39 is 30.3 Å². The van der Waals surface area contributed by atoms with Crippen molar-refractivity contribution in [3.63, 3.8) is 0 Å². The normalized spacial score (nSPS) is 12.7. The molecule has 1 rings (SSSR count). The first kappa shape index (κ1) is 12.0. The zero-order chi connectivity index (χ0) is 11.7. The van der Waals surface area contributed by atoms with Crippen molar-refractivity contribution in [3.8, 4) is 0 Å². The zero-order valence-electron chi connectivity index (χ0n) is 7.35. The van der Waals surface area contributed by atoms with Crippen LogP contribution >= 0.6 is 0 Å². The Bertz CT molecular complexity index is 563. The molecule has 8 nitrogen and oxygen atoms in total. The van der Waals surface area contributed by atoms with Crippen molar-refractivity contribution in [1.29, 1.82) is 0 Å². The molecule has 0 saturated heterocycles. The molecule has 0 saturated carbocycles. The molecule has 0 aliphatic heterocycles. The van der Waals surface area contributed by atoms with E-state index in [0.29, 0.717) is 12.4 Å². The predicted octanol–water partition coefficient (Wildman–Crippen LogP) is -0.942. The maximum atomic E-state index is 11.1. The van der Waals surface area contributed by atoms with Crippen molar-refractivity contribution in [2.45, 2.75) is 10.1 Å². The first-order valence-corrected chi connectivity index (χ1v) is 6.22. The third-order valence-electron chi connectivity index (χ3n) is 1.36. The largest absolute Gasteiger partial charge is 0.314 e. The Morgan fingerprint density at radius 2 is 1.73 bits per heavy atom. The minimum absolute atomic E-state index is 0.591. The fourth-order valence-electron chi connectivity index (χ4n) is 0.686. The number of hydrogen-bond donors (Lipinski definition) is 1. The standard InChI is InChI=1S/C5H6N2O6S2/c1-13-15(11,12)5-2-4(6-3-7-5)14(8,9)10/h2-3H,1H3,(H,8,9,10). The van der Waals surface area contributed by atoms with Crippen LogP contribution in [0.4, 0.5) is 0 Å². The third kappa shape index (κ3) is 2.68. The Morgan fingerprint density at radius 1 is 1.20 bits per heavy atom. The molecule has 84 valence electrons. The minimum atomic E-state index is -4.56. The van der Waals surface area contributed by atoms with Gasteiger partial charge in [-0.25, -0.2) is 9.97 Å². The van der Waals surface area contributed by atoms with Crippen LogP contribution in [0.15, 0.2) is 22.4 Å². The van der Waals surface area contributed by atoms with Gasteiger partial charge in [-0.1, -0.05) is 0 Å². The van der Waals surface area contributed by atoms with Crippen LogP contribution in [0.2, 0.25) is 0 Å². The van der Waals surface area contributed by atoms with Gasteiger partial charge >= 0.3 is 20.2 Å². The van der Waals surface area contributed by atoms with E-state index in [0.717, 1.165) is 7.11 Å². The number of aromatic nitrogens is 2. The van der Waals surface area contributed by atoms with Gasteiger partial charge in [0, 0.05) is 6.07 Å². The van der Waals surface area contributed by atoms with E-state index in [1.807, 2.05) is 0 Å². The van der Waals surface area contributed by atoms with E-state index in [1.54, 1.807) is 0 Å². The van der Waals surface area contributed by atoms with Crippen LogP contribution in [0.1, 0.15) is 0 Å². The van der Waals surface area contributed by atoms with Gasteiger partial charge in [-0.3, -0.25) is 8.74 Å². The summed E-state index contributed by atoms with van der Waals surface area (Å²) in [6.07, 6.45) is 0.689. The van der Waals surface area contributed by atoms with Gasteiger partial charge in [-0.05, 0) is 0 Å². The highest BCUT2D eigenvalue weighted by Gasteiger charge is 2.19. The van der Waals surface area contributed by atoms with Crippen LogP contribution in [-0.2, 0) is 24.4 Å². The first-order valence-electron chi connectivity index (χ1n) is 3.37. The summed E-state index contributed by atoms with van der Waals surface area (Å²) in [4.78, 5) is 6.49. The lowest BCUT2D eigenvalue weighted by Crippen LogP contribution is -2.09. The van der Waals surface area contributed by atoms with E-state index >= 15 is 0 Å². The molecule has 0 aliphatic rings. The maximum absolute atomic E-state index is 11.1. The summed E-state index contributed by atoms with van der Waals surface area (Å²) in [7, 11) is -7.78. The molecule has 1 N–H and O–H groups in total. The molecular formula is C5H6N2O6S2. The Morgan fingerprint density at radius 3 is 2.20 bits per heavy atom. The van der Waals surface area contributed by atoms with E-state index in [4.69, 9.17) is 4.55 Å². The molecule has 0 amide bonds. The Kier molecular flexibility index (Phi) is 3.04. The zero-order valence-corrected chi connectivity index (χ0v) is 8.99. The SMILES string of the molecule is COS(=O)(=O)c1cc(S(=O)(=O)O)ncn1. The lowest BCUT2D eigenvalue weighted by molar-refractivity contribution is 0.394. The predicted molar refractivity (Wildman–Crippen MR) is 46.0 cm³/mol. The summed E-state index contributed by atoms with van der Waals surface area (Å²) in [5, 5.41) is -1.46. The summed E-state index contributed by atoms with van der Waals surface area (Å²) in [5.41, 5.74) is 0. The van der Waals surface area contributed by atoms with E-state index in [2.05, 4.69) is 14.2 Å². The monoisotopic (exact) mass is 254 g/mol. The topological polar surface area (TPSA) is 124 Å². The van der Waals surface area contributed by atoms with Crippen molar-refractivity contribution in [3.05, 3.63) is 12.4 Å².